The monoisotopic (exact) mass is 294 g/mol. The first-order valence-corrected chi connectivity index (χ1v) is 7.79. The van der Waals surface area contributed by atoms with Crippen LogP contribution in [0, 0.1) is 6.92 Å². The molecule has 0 saturated carbocycles. The first kappa shape index (κ1) is 16.0. The molecule has 0 amide bonds. The van der Waals surface area contributed by atoms with Gasteiger partial charge in [0, 0.05) is 25.1 Å². The molecule has 2 N–H and O–H groups in total. The molecule has 1 saturated heterocycles. The molecule has 1 fully saturated rings. The number of nitrogens with zero attached hydrogens (tertiary/aromatic N) is 2. The highest BCUT2D eigenvalue weighted by molar-refractivity contribution is 5.57. The molecule has 0 radical (unpaired) electrons. The van der Waals surface area contributed by atoms with Crippen LogP contribution >= 0.6 is 0 Å². The molecular formula is C15H26N4O2. The average molecular weight is 294 g/mol. The van der Waals surface area contributed by atoms with Crippen molar-refractivity contribution in [1.82, 2.24) is 9.97 Å². The van der Waals surface area contributed by atoms with Gasteiger partial charge in [-0.3, -0.25) is 0 Å². The van der Waals surface area contributed by atoms with Crippen LogP contribution in [-0.2, 0) is 15.9 Å². The summed E-state index contributed by atoms with van der Waals surface area (Å²) in [6.45, 7) is 9.86. The lowest BCUT2D eigenvalue weighted by Gasteiger charge is -2.24. The highest BCUT2D eigenvalue weighted by Crippen LogP contribution is 2.20. The second kappa shape index (κ2) is 8.14. The lowest BCUT2D eigenvalue weighted by Crippen LogP contribution is -2.34. The van der Waals surface area contributed by atoms with Crippen LogP contribution in [0.4, 0.5) is 11.6 Å². The van der Waals surface area contributed by atoms with Gasteiger partial charge in [-0.1, -0.05) is 13.8 Å². The number of anilines is 2. The molecule has 1 aliphatic rings. The summed E-state index contributed by atoms with van der Waals surface area (Å²) in [5, 5.41) is 6.75. The molecule has 0 bridgehead atoms. The van der Waals surface area contributed by atoms with Crippen molar-refractivity contribution >= 4 is 11.6 Å². The first-order valence-electron chi connectivity index (χ1n) is 7.79. The predicted molar refractivity (Wildman–Crippen MR) is 84.0 cm³/mol. The molecule has 2 rings (SSSR count). The Balaban J connectivity index is 2.05. The van der Waals surface area contributed by atoms with Gasteiger partial charge in [-0.15, -0.1) is 0 Å². The largest absolute Gasteiger partial charge is 0.376 e. The third kappa shape index (κ3) is 4.54. The predicted octanol–water partition coefficient (Wildman–Crippen LogP) is 2.00. The van der Waals surface area contributed by atoms with Gasteiger partial charge in [0.25, 0.3) is 0 Å². The lowest BCUT2D eigenvalue weighted by molar-refractivity contribution is -0.0819. The lowest BCUT2D eigenvalue weighted by atomic mass is 10.2. The molecule has 0 spiro atoms. The molecule has 6 heteroatoms. The van der Waals surface area contributed by atoms with E-state index in [0.29, 0.717) is 26.4 Å². The van der Waals surface area contributed by atoms with Gasteiger partial charge in [-0.2, -0.15) is 0 Å². The van der Waals surface area contributed by atoms with E-state index < -0.39 is 0 Å². The SMILES string of the molecule is CCCNc1nc(CC)nc(NCC2COCCO2)c1C. The van der Waals surface area contributed by atoms with E-state index in [4.69, 9.17) is 9.47 Å². The van der Waals surface area contributed by atoms with Crippen LogP contribution in [0.1, 0.15) is 31.7 Å². The van der Waals surface area contributed by atoms with Gasteiger partial charge in [-0.25, -0.2) is 9.97 Å². The number of ether oxygens (including phenoxy) is 2. The maximum Gasteiger partial charge on any atom is 0.134 e. The van der Waals surface area contributed by atoms with E-state index in [1.807, 2.05) is 6.92 Å². The van der Waals surface area contributed by atoms with Crippen molar-refractivity contribution in [1.29, 1.82) is 0 Å². The molecular weight excluding hydrogens is 268 g/mol. The Morgan fingerprint density at radius 2 is 1.90 bits per heavy atom. The number of hydrogen-bond acceptors (Lipinski definition) is 6. The Kier molecular flexibility index (Phi) is 6.20. The average Bonchev–Trinajstić information content (AvgIpc) is 2.53. The molecule has 1 aliphatic heterocycles. The minimum atomic E-state index is 0.0882. The highest BCUT2D eigenvalue weighted by atomic mass is 16.6. The molecule has 0 aromatic carbocycles. The molecule has 1 unspecified atom stereocenters. The summed E-state index contributed by atoms with van der Waals surface area (Å²) in [5.41, 5.74) is 1.05. The molecule has 0 aliphatic carbocycles. The number of nitrogens with one attached hydrogen (secondary N) is 2. The fourth-order valence-corrected chi connectivity index (χ4v) is 2.17. The molecule has 1 atom stereocenters. The number of aromatic nitrogens is 2. The third-order valence-electron chi connectivity index (χ3n) is 3.43. The zero-order valence-electron chi connectivity index (χ0n) is 13.2. The van der Waals surface area contributed by atoms with Gasteiger partial charge in [0.2, 0.25) is 0 Å². The topological polar surface area (TPSA) is 68.3 Å². The quantitative estimate of drug-likeness (QED) is 0.801. The fraction of sp³-hybridized carbons (Fsp3) is 0.733. The van der Waals surface area contributed by atoms with Crippen LogP contribution in [0.2, 0.25) is 0 Å². The molecule has 2 heterocycles. The van der Waals surface area contributed by atoms with Crippen molar-refractivity contribution in [2.45, 2.75) is 39.7 Å². The van der Waals surface area contributed by atoms with Gasteiger partial charge in [0.1, 0.15) is 17.5 Å². The van der Waals surface area contributed by atoms with Gasteiger partial charge in [0.05, 0.1) is 25.9 Å². The van der Waals surface area contributed by atoms with E-state index in [2.05, 4.69) is 34.4 Å². The van der Waals surface area contributed by atoms with Crippen LogP contribution in [0.3, 0.4) is 0 Å². The first-order chi connectivity index (χ1) is 10.2. The molecule has 1 aromatic rings. The standard InChI is InChI=1S/C15H26N4O2/c1-4-6-16-14-11(3)15(19-13(5-2)18-14)17-9-12-10-20-7-8-21-12/h12H,4-10H2,1-3H3,(H2,16,17,18,19). The van der Waals surface area contributed by atoms with Crippen molar-refractivity contribution < 1.29 is 9.47 Å². The van der Waals surface area contributed by atoms with E-state index >= 15 is 0 Å². The number of aryl methyl sites for hydroxylation is 1. The number of rotatable bonds is 7. The van der Waals surface area contributed by atoms with Crippen molar-refractivity contribution in [3.8, 4) is 0 Å². The number of hydrogen-bond donors (Lipinski definition) is 2. The minimum absolute atomic E-state index is 0.0882. The maximum absolute atomic E-state index is 5.64. The van der Waals surface area contributed by atoms with E-state index in [1.165, 1.54) is 0 Å². The third-order valence-corrected chi connectivity index (χ3v) is 3.43. The Bertz CT molecular complexity index is 448. The second-order valence-corrected chi connectivity index (χ2v) is 5.19. The van der Waals surface area contributed by atoms with Crippen LogP contribution in [0.15, 0.2) is 0 Å². The Morgan fingerprint density at radius 3 is 2.52 bits per heavy atom. The van der Waals surface area contributed by atoms with Gasteiger partial charge >= 0.3 is 0 Å². The Labute approximate surface area is 126 Å². The van der Waals surface area contributed by atoms with Crippen LogP contribution < -0.4 is 10.6 Å². The van der Waals surface area contributed by atoms with Gasteiger partial charge < -0.3 is 20.1 Å². The molecule has 118 valence electrons. The summed E-state index contributed by atoms with van der Waals surface area (Å²) >= 11 is 0. The zero-order valence-corrected chi connectivity index (χ0v) is 13.2. The van der Waals surface area contributed by atoms with Gasteiger partial charge in [0.15, 0.2) is 0 Å². The summed E-state index contributed by atoms with van der Waals surface area (Å²) in [6, 6.07) is 0. The maximum atomic E-state index is 5.64. The molecule has 21 heavy (non-hydrogen) atoms. The Hall–Kier alpha value is -1.40. The molecule has 1 aromatic heterocycles. The van der Waals surface area contributed by atoms with Crippen molar-refractivity contribution in [3.63, 3.8) is 0 Å². The smallest absolute Gasteiger partial charge is 0.134 e. The van der Waals surface area contributed by atoms with Crippen LogP contribution in [0.5, 0.6) is 0 Å². The van der Waals surface area contributed by atoms with E-state index in [-0.39, 0.29) is 6.10 Å². The zero-order chi connectivity index (χ0) is 15.1. The highest BCUT2D eigenvalue weighted by Gasteiger charge is 2.16. The second-order valence-electron chi connectivity index (χ2n) is 5.19. The van der Waals surface area contributed by atoms with Crippen LogP contribution in [-0.4, -0.2) is 49.0 Å². The van der Waals surface area contributed by atoms with Crippen molar-refractivity contribution in [3.05, 3.63) is 11.4 Å². The van der Waals surface area contributed by atoms with E-state index in [0.717, 1.165) is 42.4 Å². The summed E-state index contributed by atoms with van der Waals surface area (Å²) in [6.07, 6.45) is 1.98. The van der Waals surface area contributed by atoms with Crippen molar-refractivity contribution in [2.75, 3.05) is 43.5 Å². The van der Waals surface area contributed by atoms with Crippen LogP contribution in [0.25, 0.3) is 0 Å². The summed E-state index contributed by atoms with van der Waals surface area (Å²) < 4.78 is 11.1. The van der Waals surface area contributed by atoms with Gasteiger partial charge in [-0.05, 0) is 13.3 Å². The van der Waals surface area contributed by atoms with Crippen molar-refractivity contribution in [2.24, 2.45) is 0 Å². The molecule has 6 nitrogen and oxygen atoms in total. The Morgan fingerprint density at radius 1 is 1.14 bits per heavy atom. The minimum Gasteiger partial charge on any atom is -0.376 e. The summed E-state index contributed by atoms with van der Waals surface area (Å²) in [4.78, 5) is 9.15. The fourth-order valence-electron chi connectivity index (χ4n) is 2.17. The summed E-state index contributed by atoms with van der Waals surface area (Å²) in [5.74, 6) is 2.66. The summed E-state index contributed by atoms with van der Waals surface area (Å²) in [7, 11) is 0. The normalized spacial score (nSPS) is 18.5. The van der Waals surface area contributed by atoms with E-state index in [1.54, 1.807) is 0 Å². The van der Waals surface area contributed by atoms with E-state index in [9.17, 15) is 0 Å².